The van der Waals surface area contributed by atoms with Gasteiger partial charge in [-0.05, 0) is 25.6 Å². The van der Waals surface area contributed by atoms with Gasteiger partial charge in [-0.2, -0.15) is 4.98 Å². The van der Waals surface area contributed by atoms with Crippen molar-refractivity contribution in [2.45, 2.75) is 19.0 Å². The second-order valence-electron chi connectivity index (χ2n) is 6.00. The van der Waals surface area contributed by atoms with Gasteiger partial charge in [0.05, 0.1) is 24.6 Å². The number of hydrogen-bond donors (Lipinski definition) is 1. The molecule has 134 valence electrons. The number of amides is 1. The molecule has 1 N–H and O–H groups in total. The molecule has 0 spiro atoms. The third kappa shape index (κ3) is 4.60. The van der Waals surface area contributed by atoms with Crippen LogP contribution in [0.1, 0.15) is 12.3 Å². The number of pyridine rings is 1. The predicted molar refractivity (Wildman–Crippen MR) is 89.1 cm³/mol. The van der Waals surface area contributed by atoms with Crippen molar-refractivity contribution in [1.82, 2.24) is 25.3 Å². The molecule has 0 saturated carbocycles. The van der Waals surface area contributed by atoms with Crippen molar-refractivity contribution in [3.63, 3.8) is 0 Å². The van der Waals surface area contributed by atoms with E-state index < -0.39 is 9.84 Å². The first kappa shape index (κ1) is 17.5. The summed E-state index contributed by atoms with van der Waals surface area (Å²) in [7, 11) is -1.22. The first-order valence-corrected chi connectivity index (χ1v) is 9.65. The molecule has 2 aromatic heterocycles. The van der Waals surface area contributed by atoms with Crippen LogP contribution < -0.4 is 5.32 Å². The molecule has 3 rings (SSSR count). The highest BCUT2D eigenvalue weighted by molar-refractivity contribution is 7.91. The largest absolute Gasteiger partial charge is 0.346 e. The number of sulfone groups is 1. The van der Waals surface area contributed by atoms with Gasteiger partial charge in [-0.15, -0.1) is 0 Å². The Morgan fingerprint density at radius 3 is 3.00 bits per heavy atom. The first-order valence-electron chi connectivity index (χ1n) is 7.83. The molecule has 1 fully saturated rings. The molecule has 1 amide bonds. The first-order chi connectivity index (χ1) is 11.9. The molecule has 0 aromatic carbocycles. The van der Waals surface area contributed by atoms with E-state index in [9.17, 15) is 13.2 Å². The van der Waals surface area contributed by atoms with Crippen LogP contribution in [0.2, 0.25) is 0 Å². The molecule has 0 radical (unpaired) electrons. The standard InChI is InChI=1S/C15H19N5O4S/c1-20(12-4-6-25(22,23)10-12)9-13(21)17-8-14-18-15(19-24-14)11-3-2-5-16-7-11/h2-3,5,7,12H,4,6,8-10H2,1H3,(H,17,21)/t12-/m1/s1. The van der Waals surface area contributed by atoms with Gasteiger partial charge in [-0.3, -0.25) is 14.7 Å². The Kier molecular flexibility index (Phi) is 5.09. The fourth-order valence-corrected chi connectivity index (χ4v) is 4.45. The molecule has 1 atom stereocenters. The molecule has 3 heterocycles. The molecule has 0 aliphatic carbocycles. The highest BCUT2D eigenvalue weighted by Gasteiger charge is 2.31. The van der Waals surface area contributed by atoms with Gasteiger partial charge >= 0.3 is 0 Å². The van der Waals surface area contributed by atoms with Crippen LogP contribution in [0.3, 0.4) is 0 Å². The van der Waals surface area contributed by atoms with Crippen LogP contribution in [-0.4, -0.2) is 65.5 Å². The van der Waals surface area contributed by atoms with Crippen molar-refractivity contribution in [1.29, 1.82) is 0 Å². The fourth-order valence-electron chi connectivity index (χ4n) is 2.65. The Morgan fingerprint density at radius 1 is 1.48 bits per heavy atom. The molecule has 25 heavy (non-hydrogen) atoms. The van der Waals surface area contributed by atoms with Gasteiger partial charge < -0.3 is 9.84 Å². The average molecular weight is 365 g/mol. The van der Waals surface area contributed by atoms with Crippen LogP contribution in [0.5, 0.6) is 0 Å². The summed E-state index contributed by atoms with van der Waals surface area (Å²) in [4.78, 5) is 22.0. The lowest BCUT2D eigenvalue weighted by molar-refractivity contribution is -0.122. The number of rotatable bonds is 6. The van der Waals surface area contributed by atoms with Crippen molar-refractivity contribution in [3.8, 4) is 11.4 Å². The molecule has 1 saturated heterocycles. The molecule has 10 heteroatoms. The predicted octanol–water partition coefficient (Wildman–Crippen LogP) is -0.133. The molecular formula is C15H19N5O4S. The number of hydrogen-bond acceptors (Lipinski definition) is 8. The summed E-state index contributed by atoms with van der Waals surface area (Å²) in [5.74, 6) is 0.759. The Balaban J connectivity index is 1.49. The SMILES string of the molecule is CN(CC(=O)NCc1nc(-c2cccnc2)no1)[C@@H]1CCS(=O)(=O)C1. The van der Waals surface area contributed by atoms with Crippen LogP contribution >= 0.6 is 0 Å². The minimum atomic E-state index is -2.97. The highest BCUT2D eigenvalue weighted by atomic mass is 32.2. The molecule has 9 nitrogen and oxygen atoms in total. The molecule has 2 aromatic rings. The zero-order chi connectivity index (χ0) is 17.9. The number of nitrogens with one attached hydrogen (secondary N) is 1. The van der Waals surface area contributed by atoms with Crippen LogP contribution in [0.15, 0.2) is 29.0 Å². The Bertz CT molecular complexity index is 837. The Hall–Kier alpha value is -2.33. The lowest BCUT2D eigenvalue weighted by Gasteiger charge is -2.21. The second kappa shape index (κ2) is 7.28. The highest BCUT2D eigenvalue weighted by Crippen LogP contribution is 2.16. The van der Waals surface area contributed by atoms with Crippen LogP contribution in [-0.2, 0) is 21.2 Å². The molecule has 0 bridgehead atoms. The third-order valence-corrected chi connectivity index (χ3v) is 5.80. The third-order valence-electron chi connectivity index (χ3n) is 4.05. The normalized spacial score (nSPS) is 19.2. The van der Waals surface area contributed by atoms with E-state index in [-0.39, 0.29) is 36.5 Å². The monoisotopic (exact) mass is 365 g/mol. The van der Waals surface area contributed by atoms with E-state index in [4.69, 9.17) is 4.52 Å². The van der Waals surface area contributed by atoms with E-state index in [1.54, 1.807) is 30.4 Å². The van der Waals surface area contributed by atoms with Gasteiger partial charge in [-0.25, -0.2) is 8.42 Å². The number of likely N-dealkylation sites (N-methyl/N-ethyl adjacent to an activating group) is 1. The van der Waals surface area contributed by atoms with Gasteiger partial charge in [0.1, 0.15) is 0 Å². The average Bonchev–Trinajstić information content (AvgIpc) is 3.20. The summed E-state index contributed by atoms with van der Waals surface area (Å²) in [6.07, 6.45) is 3.83. The van der Waals surface area contributed by atoms with E-state index in [1.807, 2.05) is 6.07 Å². The van der Waals surface area contributed by atoms with Crippen molar-refractivity contribution in [2.24, 2.45) is 0 Å². The van der Waals surface area contributed by atoms with E-state index in [1.165, 1.54) is 0 Å². The minimum absolute atomic E-state index is 0.106. The number of carbonyl (C=O) groups excluding carboxylic acids is 1. The second-order valence-corrected chi connectivity index (χ2v) is 8.23. The van der Waals surface area contributed by atoms with E-state index in [0.717, 1.165) is 5.56 Å². The van der Waals surface area contributed by atoms with Crippen molar-refractivity contribution in [2.75, 3.05) is 25.1 Å². The van der Waals surface area contributed by atoms with Crippen molar-refractivity contribution in [3.05, 3.63) is 30.4 Å². The Labute approximate surface area is 145 Å². The number of aromatic nitrogens is 3. The summed E-state index contributed by atoms with van der Waals surface area (Å²) in [6.45, 7) is 0.229. The lowest BCUT2D eigenvalue weighted by Crippen LogP contribution is -2.41. The van der Waals surface area contributed by atoms with Gasteiger partial charge in [0, 0.05) is 24.0 Å². The van der Waals surface area contributed by atoms with Crippen LogP contribution in [0.4, 0.5) is 0 Å². The van der Waals surface area contributed by atoms with Crippen molar-refractivity contribution < 1.29 is 17.7 Å². The van der Waals surface area contributed by atoms with Crippen molar-refractivity contribution >= 4 is 15.7 Å². The smallest absolute Gasteiger partial charge is 0.246 e. The molecule has 1 aliphatic heterocycles. The Morgan fingerprint density at radius 2 is 2.32 bits per heavy atom. The quantitative estimate of drug-likeness (QED) is 0.752. The zero-order valence-electron chi connectivity index (χ0n) is 13.8. The van der Waals surface area contributed by atoms with Gasteiger partial charge in [0.2, 0.25) is 17.6 Å². The molecular weight excluding hydrogens is 346 g/mol. The zero-order valence-corrected chi connectivity index (χ0v) is 14.6. The number of nitrogens with zero attached hydrogens (tertiary/aromatic N) is 4. The maximum atomic E-state index is 12.0. The minimum Gasteiger partial charge on any atom is -0.346 e. The van der Waals surface area contributed by atoms with E-state index in [0.29, 0.717) is 18.1 Å². The fraction of sp³-hybridized carbons (Fsp3) is 0.467. The van der Waals surface area contributed by atoms with Gasteiger partial charge in [0.15, 0.2) is 9.84 Å². The summed E-state index contributed by atoms with van der Waals surface area (Å²) in [5, 5.41) is 6.55. The van der Waals surface area contributed by atoms with Gasteiger partial charge in [0.25, 0.3) is 0 Å². The van der Waals surface area contributed by atoms with E-state index >= 15 is 0 Å². The summed E-state index contributed by atoms with van der Waals surface area (Å²) in [5.41, 5.74) is 0.728. The summed E-state index contributed by atoms with van der Waals surface area (Å²) < 4.78 is 28.1. The lowest BCUT2D eigenvalue weighted by atomic mass is 10.2. The van der Waals surface area contributed by atoms with Crippen LogP contribution in [0, 0.1) is 0 Å². The maximum absolute atomic E-state index is 12.0. The molecule has 0 unspecified atom stereocenters. The molecule has 1 aliphatic rings. The maximum Gasteiger partial charge on any atom is 0.246 e. The van der Waals surface area contributed by atoms with Gasteiger partial charge in [-0.1, -0.05) is 5.16 Å². The van der Waals surface area contributed by atoms with E-state index in [2.05, 4.69) is 20.4 Å². The topological polar surface area (TPSA) is 118 Å². The number of carbonyl (C=O) groups is 1. The summed E-state index contributed by atoms with van der Waals surface area (Å²) in [6, 6.07) is 3.47. The van der Waals surface area contributed by atoms with Crippen LogP contribution in [0.25, 0.3) is 11.4 Å². The summed E-state index contributed by atoms with van der Waals surface area (Å²) >= 11 is 0.